The second kappa shape index (κ2) is 6.36. The topological polar surface area (TPSA) is 61.1 Å². The van der Waals surface area contributed by atoms with Crippen molar-refractivity contribution in [1.29, 1.82) is 5.26 Å². The summed E-state index contributed by atoms with van der Waals surface area (Å²) in [6, 6.07) is 16.4. The molecule has 0 spiro atoms. The Balaban J connectivity index is 2.28. The predicted molar refractivity (Wildman–Crippen MR) is 79.4 cm³/mol. The molecule has 20 heavy (non-hydrogen) atoms. The van der Waals surface area contributed by atoms with E-state index >= 15 is 0 Å². The van der Waals surface area contributed by atoms with Crippen molar-refractivity contribution in [2.24, 2.45) is 0 Å². The van der Waals surface area contributed by atoms with Crippen molar-refractivity contribution in [1.82, 2.24) is 0 Å². The van der Waals surface area contributed by atoms with Crippen LogP contribution in [0.5, 0.6) is 0 Å². The average molecular weight is 330 g/mol. The zero-order valence-electron chi connectivity index (χ0n) is 10.6. The number of hydrogen-bond donors (Lipinski definition) is 1. The van der Waals surface area contributed by atoms with Gasteiger partial charge in [0, 0.05) is 4.47 Å². The molecular formula is C16H12BrNO2. The molecule has 2 aromatic carbocycles. The van der Waals surface area contributed by atoms with Crippen molar-refractivity contribution in [2.75, 3.05) is 0 Å². The first kappa shape index (κ1) is 14.3. The van der Waals surface area contributed by atoms with Crippen LogP contribution in [0.3, 0.4) is 0 Å². The zero-order chi connectivity index (χ0) is 14.5. The van der Waals surface area contributed by atoms with Gasteiger partial charge in [0.2, 0.25) is 0 Å². The highest BCUT2D eigenvalue weighted by Gasteiger charge is 2.20. The maximum absolute atomic E-state index is 11.5. The highest BCUT2D eigenvalue weighted by molar-refractivity contribution is 9.10. The van der Waals surface area contributed by atoms with Crippen LogP contribution in [-0.2, 0) is 11.2 Å². The molecule has 0 fully saturated rings. The first-order valence-electron chi connectivity index (χ1n) is 6.07. The van der Waals surface area contributed by atoms with Crippen LogP contribution in [-0.4, -0.2) is 11.1 Å². The quantitative estimate of drug-likeness (QED) is 0.929. The largest absolute Gasteiger partial charge is 0.481 e. The number of aliphatic carboxylic acids is 1. The van der Waals surface area contributed by atoms with Gasteiger partial charge in [-0.3, -0.25) is 4.79 Å². The van der Waals surface area contributed by atoms with Gasteiger partial charge in [0.05, 0.1) is 17.6 Å². The van der Waals surface area contributed by atoms with Gasteiger partial charge in [-0.15, -0.1) is 0 Å². The lowest BCUT2D eigenvalue weighted by atomic mass is 9.91. The second-order valence-electron chi connectivity index (χ2n) is 4.46. The molecule has 3 nitrogen and oxygen atoms in total. The number of hydrogen-bond acceptors (Lipinski definition) is 2. The third kappa shape index (κ3) is 3.46. The Kier molecular flexibility index (Phi) is 4.54. The third-order valence-corrected chi connectivity index (χ3v) is 3.60. The molecule has 0 saturated heterocycles. The van der Waals surface area contributed by atoms with E-state index in [0.29, 0.717) is 12.0 Å². The molecule has 0 aromatic heterocycles. The van der Waals surface area contributed by atoms with E-state index in [1.807, 2.05) is 18.2 Å². The lowest BCUT2D eigenvalue weighted by molar-refractivity contribution is -0.138. The SMILES string of the molecule is N#Cc1cccc(CC(C(=O)O)c2ccc(Br)cc2)c1. The van der Waals surface area contributed by atoms with Gasteiger partial charge in [0.1, 0.15) is 0 Å². The number of benzene rings is 2. The van der Waals surface area contributed by atoms with Crippen LogP contribution in [0.1, 0.15) is 22.6 Å². The van der Waals surface area contributed by atoms with Crippen LogP contribution in [0.4, 0.5) is 0 Å². The normalized spacial score (nSPS) is 11.6. The number of carbonyl (C=O) groups is 1. The molecule has 1 N–H and O–H groups in total. The Hall–Kier alpha value is -2.12. The van der Waals surface area contributed by atoms with Crippen LogP contribution in [0.2, 0.25) is 0 Å². The van der Waals surface area contributed by atoms with E-state index in [9.17, 15) is 9.90 Å². The summed E-state index contributed by atoms with van der Waals surface area (Å²) in [6.45, 7) is 0. The van der Waals surface area contributed by atoms with Crippen molar-refractivity contribution in [3.63, 3.8) is 0 Å². The first-order chi connectivity index (χ1) is 9.60. The van der Waals surface area contributed by atoms with Gasteiger partial charge in [0.25, 0.3) is 0 Å². The summed E-state index contributed by atoms with van der Waals surface area (Å²) in [5.74, 6) is -1.48. The average Bonchev–Trinajstić information content (AvgIpc) is 2.46. The van der Waals surface area contributed by atoms with Gasteiger partial charge in [-0.05, 0) is 41.8 Å². The highest BCUT2D eigenvalue weighted by Crippen LogP contribution is 2.23. The predicted octanol–water partition coefficient (Wildman–Crippen LogP) is 3.73. The lowest BCUT2D eigenvalue weighted by Gasteiger charge is -2.13. The van der Waals surface area contributed by atoms with Crippen molar-refractivity contribution < 1.29 is 9.90 Å². The molecule has 2 rings (SSSR count). The van der Waals surface area contributed by atoms with E-state index in [4.69, 9.17) is 5.26 Å². The molecule has 0 aliphatic rings. The van der Waals surface area contributed by atoms with Crippen LogP contribution in [0.25, 0.3) is 0 Å². The maximum Gasteiger partial charge on any atom is 0.311 e. The Morgan fingerprint density at radius 2 is 1.95 bits per heavy atom. The first-order valence-corrected chi connectivity index (χ1v) is 6.87. The van der Waals surface area contributed by atoms with E-state index < -0.39 is 11.9 Å². The summed E-state index contributed by atoms with van der Waals surface area (Å²) >= 11 is 3.33. The minimum absolute atomic E-state index is 0.368. The number of carboxylic acids is 1. The summed E-state index contributed by atoms with van der Waals surface area (Å²) in [7, 11) is 0. The van der Waals surface area contributed by atoms with Crippen LogP contribution >= 0.6 is 15.9 Å². The molecular weight excluding hydrogens is 318 g/mol. The number of nitriles is 1. The minimum atomic E-state index is -0.866. The fraction of sp³-hybridized carbons (Fsp3) is 0.125. The Bertz CT molecular complexity index is 659. The molecule has 4 heteroatoms. The van der Waals surface area contributed by atoms with Crippen LogP contribution in [0.15, 0.2) is 53.0 Å². The molecule has 0 aliphatic heterocycles. The number of rotatable bonds is 4. The van der Waals surface area contributed by atoms with E-state index in [1.54, 1.807) is 30.3 Å². The minimum Gasteiger partial charge on any atom is -0.481 e. The summed E-state index contributed by atoms with van der Waals surface area (Å²) < 4.78 is 0.914. The lowest BCUT2D eigenvalue weighted by Crippen LogP contribution is -2.14. The van der Waals surface area contributed by atoms with Crippen molar-refractivity contribution >= 4 is 21.9 Å². The maximum atomic E-state index is 11.5. The fourth-order valence-corrected chi connectivity index (χ4v) is 2.31. The van der Waals surface area contributed by atoms with E-state index in [2.05, 4.69) is 22.0 Å². The second-order valence-corrected chi connectivity index (χ2v) is 5.37. The Morgan fingerprint density at radius 1 is 1.25 bits per heavy atom. The summed E-state index contributed by atoms with van der Waals surface area (Å²) in [6.07, 6.45) is 0.368. The molecule has 0 saturated carbocycles. The molecule has 0 amide bonds. The zero-order valence-corrected chi connectivity index (χ0v) is 12.2. The van der Waals surface area contributed by atoms with E-state index in [0.717, 1.165) is 15.6 Å². The molecule has 1 atom stereocenters. The van der Waals surface area contributed by atoms with E-state index in [-0.39, 0.29) is 0 Å². The summed E-state index contributed by atoms with van der Waals surface area (Å²) in [5, 5.41) is 18.3. The molecule has 0 heterocycles. The van der Waals surface area contributed by atoms with E-state index in [1.165, 1.54) is 0 Å². The van der Waals surface area contributed by atoms with Gasteiger partial charge in [0.15, 0.2) is 0 Å². The third-order valence-electron chi connectivity index (χ3n) is 3.07. The van der Waals surface area contributed by atoms with Crippen molar-refractivity contribution in [3.05, 3.63) is 69.7 Å². The number of nitrogens with zero attached hydrogens (tertiary/aromatic N) is 1. The van der Waals surface area contributed by atoms with Gasteiger partial charge in [-0.2, -0.15) is 5.26 Å². The van der Waals surface area contributed by atoms with Gasteiger partial charge in [-0.25, -0.2) is 0 Å². The summed E-state index contributed by atoms with van der Waals surface area (Å²) in [5.41, 5.74) is 2.14. The van der Waals surface area contributed by atoms with Crippen LogP contribution in [0, 0.1) is 11.3 Å². The van der Waals surface area contributed by atoms with Gasteiger partial charge >= 0.3 is 5.97 Å². The summed E-state index contributed by atoms with van der Waals surface area (Å²) in [4.78, 5) is 11.5. The number of carboxylic acid groups (broad SMARTS) is 1. The molecule has 2 aromatic rings. The molecule has 0 radical (unpaired) electrons. The molecule has 0 bridgehead atoms. The van der Waals surface area contributed by atoms with Gasteiger partial charge in [-0.1, -0.05) is 40.2 Å². The smallest absolute Gasteiger partial charge is 0.311 e. The molecule has 1 unspecified atom stereocenters. The Labute approximate surface area is 125 Å². The Morgan fingerprint density at radius 3 is 2.55 bits per heavy atom. The van der Waals surface area contributed by atoms with Crippen molar-refractivity contribution in [2.45, 2.75) is 12.3 Å². The number of halogens is 1. The highest BCUT2D eigenvalue weighted by atomic mass is 79.9. The standard InChI is InChI=1S/C16H12BrNO2/c17-14-6-4-13(5-7-14)15(16(19)20)9-11-2-1-3-12(8-11)10-18/h1-8,15H,9H2,(H,19,20). The molecule has 100 valence electrons. The van der Waals surface area contributed by atoms with Gasteiger partial charge < -0.3 is 5.11 Å². The van der Waals surface area contributed by atoms with Crippen LogP contribution < -0.4 is 0 Å². The monoisotopic (exact) mass is 329 g/mol. The van der Waals surface area contributed by atoms with Crippen molar-refractivity contribution in [3.8, 4) is 6.07 Å². The molecule has 0 aliphatic carbocycles. The fourth-order valence-electron chi connectivity index (χ4n) is 2.05.